The molecule has 25 heavy (non-hydrogen) atoms. The van der Waals surface area contributed by atoms with Gasteiger partial charge in [0.05, 0.1) is 7.11 Å². The van der Waals surface area contributed by atoms with E-state index in [2.05, 4.69) is 45.6 Å². The zero-order chi connectivity index (χ0) is 18.0. The fraction of sp³-hybridized carbons (Fsp3) is 0.600. The van der Waals surface area contributed by atoms with Crippen molar-refractivity contribution in [2.45, 2.75) is 53.6 Å². The topological polar surface area (TPSA) is 43.2 Å². The number of likely N-dealkylation sites (tertiary alicyclic amines) is 1. The smallest absolute Gasteiger partial charge is 0.147 e. The first-order valence-corrected chi connectivity index (χ1v) is 9.20. The molecule has 0 bridgehead atoms. The Morgan fingerprint density at radius 2 is 1.88 bits per heavy atom. The Kier molecular flexibility index (Phi) is 5.42. The lowest BCUT2D eigenvalue weighted by molar-refractivity contribution is 0.152. The third-order valence-electron chi connectivity index (χ3n) is 5.13. The summed E-state index contributed by atoms with van der Waals surface area (Å²) in [6.07, 6.45) is 2.53. The molecule has 1 atom stereocenters. The van der Waals surface area contributed by atoms with Crippen molar-refractivity contribution in [2.24, 2.45) is 5.92 Å². The molecule has 1 saturated heterocycles. The van der Waals surface area contributed by atoms with Gasteiger partial charge < -0.3 is 4.74 Å². The number of piperidine rings is 1. The Morgan fingerprint density at radius 3 is 2.48 bits per heavy atom. The monoisotopic (exact) mass is 342 g/mol. The Morgan fingerprint density at radius 1 is 1.16 bits per heavy atom. The average Bonchev–Trinajstić information content (AvgIpc) is 2.85. The molecule has 3 rings (SSSR count). The van der Waals surface area contributed by atoms with Gasteiger partial charge in [-0.3, -0.25) is 4.90 Å². The van der Waals surface area contributed by atoms with Crippen molar-refractivity contribution >= 4 is 0 Å². The summed E-state index contributed by atoms with van der Waals surface area (Å²) < 4.78 is 7.56. The molecular formula is C20H30N4O. The third kappa shape index (κ3) is 4.21. The van der Waals surface area contributed by atoms with Crippen LogP contribution >= 0.6 is 0 Å². The van der Waals surface area contributed by atoms with E-state index in [1.807, 2.05) is 13.8 Å². The number of hydrogen-bond acceptors (Lipinski definition) is 4. The summed E-state index contributed by atoms with van der Waals surface area (Å²) in [5, 5.41) is 4.53. The Bertz CT molecular complexity index is 714. The van der Waals surface area contributed by atoms with Crippen LogP contribution in [0.4, 0.5) is 0 Å². The van der Waals surface area contributed by atoms with Gasteiger partial charge in [-0.15, -0.1) is 0 Å². The second-order valence-electron chi connectivity index (χ2n) is 7.39. The number of nitrogens with zero attached hydrogens (tertiary/aromatic N) is 4. The van der Waals surface area contributed by atoms with Crippen molar-refractivity contribution in [1.29, 1.82) is 0 Å². The Labute approximate surface area is 151 Å². The van der Waals surface area contributed by atoms with Gasteiger partial charge in [0.2, 0.25) is 0 Å². The largest absolute Gasteiger partial charge is 0.496 e. The first-order chi connectivity index (χ1) is 12.0. The molecule has 2 aromatic rings. The van der Waals surface area contributed by atoms with Crippen LogP contribution in [0.2, 0.25) is 0 Å². The first-order valence-electron chi connectivity index (χ1n) is 9.20. The van der Waals surface area contributed by atoms with Gasteiger partial charge in [0.15, 0.2) is 0 Å². The van der Waals surface area contributed by atoms with Crippen LogP contribution in [-0.4, -0.2) is 39.9 Å². The molecule has 0 radical (unpaired) electrons. The van der Waals surface area contributed by atoms with Crippen molar-refractivity contribution in [2.75, 3.05) is 20.2 Å². The molecule has 1 fully saturated rings. The van der Waals surface area contributed by atoms with Crippen LogP contribution in [0, 0.1) is 33.6 Å². The van der Waals surface area contributed by atoms with Crippen molar-refractivity contribution < 1.29 is 4.74 Å². The van der Waals surface area contributed by atoms with Crippen LogP contribution in [-0.2, 0) is 13.1 Å². The van der Waals surface area contributed by atoms with Gasteiger partial charge in [0.1, 0.15) is 17.4 Å². The summed E-state index contributed by atoms with van der Waals surface area (Å²) in [7, 11) is 1.75. The Balaban J connectivity index is 1.65. The van der Waals surface area contributed by atoms with Gasteiger partial charge in [0, 0.05) is 19.6 Å². The maximum atomic E-state index is 5.49. The lowest BCUT2D eigenvalue weighted by Gasteiger charge is -2.33. The summed E-state index contributed by atoms with van der Waals surface area (Å²) in [5.41, 5.74) is 3.82. The highest BCUT2D eigenvalue weighted by Gasteiger charge is 2.22. The van der Waals surface area contributed by atoms with E-state index in [1.165, 1.54) is 36.1 Å². The molecule has 0 saturated carbocycles. The van der Waals surface area contributed by atoms with Crippen LogP contribution < -0.4 is 4.74 Å². The molecule has 0 amide bonds. The molecule has 1 aliphatic heterocycles. The number of ether oxygens (including phenoxy) is 1. The molecule has 1 unspecified atom stereocenters. The molecule has 5 nitrogen and oxygen atoms in total. The van der Waals surface area contributed by atoms with Crippen LogP contribution in [0.25, 0.3) is 0 Å². The minimum absolute atomic E-state index is 0.647. The summed E-state index contributed by atoms with van der Waals surface area (Å²) in [6, 6.07) is 4.53. The van der Waals surface area contributed by atoms with Crippen molar-refractivity contribution in [1.82, 2.24) is 19.7 Å². The van der Waals surface area contributed by atoms with E-state index in [9.17, 15) is 0 Å². The molecule has 1 aromatic carbocycles. The van der Waals surface area contributed by atoms with Crippen molar-refractivity contribution in [3.8, 4) is 5.75 Å². The summed E-state index contributed by atoms with van der Waals surface area (Å²) >= 11 is 0. The molecular weight excluding hydrogens is 312 g/mol. The highest BCUT2D eigenvalue weighted by atomic mass is 16.5. The van der Waals surface area contributed by atoms with E-state index in [0.717, 1.165) is 37.0 Å². The summed E-state index contributed by atoms with van der Waals surface area (Å²) in [6.45, 7) is 12.6. The van der Waals surface area contributed by atoms with Crippen molar-refractivity contribution in [3.05, 3.63) is 40.5 Å². The lowest BCUT2D eigenvalue weighted by atomic mass is 9.97. The minimum Gasteiger partial charge on any atom is -0.496 e. The zero-order valence-electron chi connectivity index (χ0n) is 16.2. The quantitative estimate of drug-likeness (QED) is 0.835. The maximum absolute atomic E-state index is 5.49. The number of aromatic nitrogens is 3. The normalized spacial score (nSPS) is 18.5. The highest BCUT2D eigenvalue weighted by Crippen LogP contribution is 2.26. The molecule has 5 heteroatoms. The van der Waals surface area contributed by atoms with Gasteiger partial charge in [-0.2, -0.15) is 5.10 Å². The number of benzene rings is 1. The average molecular weight is 342 g/mol. The van der Waals surface area contributed by atoms with E-state index in [0.29, 0.717) is 5.92 Å². The van der Waals surface area contributed by atoms with Gasteiger partial charge >= 0.3 is 0 Å². The number of aryl methyl sites for hydroxylation is 4. The molecule has 2 heterocycles. The molecule has 0 N–H and O–H groups in total. The maximum Gasteiger partial charge on any atom is 0.147 e. The number of methoxy groups -OCH3 is 1. The van der Waals surface area contributed by atoms with E-state index < -0.39 is 0 Å². The van der Waals surface area contributed by atoms with Gasteiger partial charge in [-0.1, -0.05) is 12.1 Å². The Hall–Kier alpha value is -1.88. The van der Waals surface area contributed by atoms with Gasteiger partial charge in [0.25, 0.3) is 0 Å². The fourth-order valence-electron chi connectivity index (χ4n) is 4.13. The van der Waals surface area contributed by atoms with E-state index in [1.54, 1.807) is 7.11 Å². The SMILES string of the molecule is COc1c(C)cc(CN2CCCC(Cn3nc(C)nc3C)C2)cc1C. The van der Waals surface area contributed by atoms with E-state index >= 15 is 0 Å². The fourth-order valence-corrected chi connectivity index (χ4v) is 4.13. The van der Waals surface area contributed by atoms with Crippen LogP contribution in [0.3, 0.4) is 0 Å². The van der Waals surface area contributed by atoms with E-state index in [4.69, 9.17) is 4.74 Å². The summed E-state index contributed by atoms with van der Waals surface area (Å²) in [5.74, 6) is 3.55. The summed E-state index contributed by atoms with van der Waals surface area (Å²) in [4.78, 5) is 7.00. The minimum atomic E-state index is 0.647. The molecule has 136 valence electrons. The number of hydrogen-bond donors (Lipinski definition) is 0. The molecule has 0 spiro atoms. The second kappa shape index (κ2) is 7.56. The van der Waals surface area contributed by atoms with Crippen LogP contribution in [0.15, 0.2) is 12.1 Å². The lowest BCUT2D eigenvalue weighted by Crippen LogP contribution is -2.36. The first kappa shape index (κ1) is 17.9. The van der Waals surface area contributed by atoms with Crippen LogP contribution in [0.5, 0.6) is 5.75 Å². The highest BCUT2D eigenvalue weighted by molar-refractivity contribution is 5.43. The van der Waals surface area contributed by atoms with Gasteiger partial charge in [-0.05, 0) is 69.7 Å². The standard InChI is InChI=1S/C20H30N4O/c1-14-9-19(10-15(2)20(14)25-5)12-23-8-6-7-18(11-23)13-24-17(4)21-16(3)22-24/h9-10,18H,6-8,11-13H2,1-5H3. The van der Waals surface area contributed by atoms with E-state index in [-0.39, 0.29) is 0 Å². The molecule has 1 aliphatic rings. The predicted molar refractivity (Wildman–Crippen MR) is 100.0 cm³/mol. The molecule has 0 aliphatic carbocycles. The number of rotatable bonds is 5. The second-order valence-corrected chi connectivity index (χ2v) is 7.39. The zero-order valence-corrected chi connectivity index (χ0v) is 16.2. The van der Waals surface area contributed by atoms with Gasteiger partial charge in [-0.25, -0.2) is 9.67 Å². The predicted octanol–water partition coefficient (Wildman–Crippen LogP) is 3.43. The van der Waals surface area contributed by atoms with Crippen molar-refractivity contribution in [3.63, 3.8) is 0 Å². The third-order valence-corrected chi connectivity index (χ3v) is 5.13. The van der Waals surface area contributed by atoms with Crippen LogP contribution in [0.1, 0.15) is 41.2 Å². The molecule has 1 aromatic heterocycles.